The fourth-order valence-electron chi connectivity index (χ4n) is 2.37. The second-order valence-corrected chi connectivity index (χ2v) is 5.31. The van der Waals surface area contributed by atoms with Crippen LogP contribution in [0.3, 0.4) is 0 Å². The van der Waals surface area contributed by atoms with E-state index in [1.807, 2.05) is 24.3 Å². The van der Waals surface area contributed by atoms with Crippen molar-refractivity contribution in [3.05, 3.63) is 59.4 Å². The first-order valence-corrected chi connectivity index (χ1v) is 7.31. The van der Waals surface area contributed by atoms with E-state index in [4.69, 9.17) is 9.47 Å². The molecule has 0 saturated carbocycles. The Morgan fingerprint density at radius 1 is 1.00 bits per heavy atom. The molecule has 0 heterocycles. The second kappa shape index (κ2) is 7.80. The monoisotopic (exact) mass is 303 g/mol. The molecule has 2 aromatic rings. The number of benzene rings is 2. The number of hydrogen-bond donors (Lipinski definition) is 1. The van der Waals surface area contributed by atoms with Gasteiger partial charge in [-0.15, -0.1) is 0 Å². The standard InChI is InChI=1S/C18H22FNO2/c1-13(20-12-15-5-4-6-16(19)10-15)9-14-7-8-17(21-2)18(11-14)22-3/h4-8,10-11,13,20H,9,12H2,1-3H3. The minimum absolute atomic E-state index is 0.202. The van der Waals surface area contributed by atoms with E-state index in [1.54, 1.807) is 26.4 Å². The van der Waals surface area contributed by atoms with Crippen molar-refractivity contribution in [3.8, 4) is 11.5 Å². The van der Waals surface area contributed by atoms with Crippen LogP contribution >= 0.6 is 0 Å². The molecule has 0 spiro atoms. The highest BCUT2D eigenvalue weighted by Crippen LogP contribution is 2.27. The van der Waals surface area contributed by atoms with Crippen molar-refractivity contribution in [2.75, 3.05) is 14.2 Å². The van der Waals surface area contributed by atoms with E-state index in [0.717, 1.165) is 29.0 Å². The molecule has 0 aliphatic carbocycles. The Labute approximate surface area is 131 Å². The Morgan fingerprint density at radius 3 is 2.45 bits per heavy atom. The summed E-state index contributed by atoms with van der Waals surface area (Å²) < 4.78 is 23.7. The highest BCUT2D eigenvalue weighted by Gasteiger charge is 2.08. The fraction of sp³-hybridized carbons (Fsp3) is 0.333. The Bertz CT molecular complexity index is 616. The summed E-state index contributed by atoms with van der Waals surface area (Å²) in [6.45, 7) is 2.75. The van der Waals surface area contributed by atoms with Crippen LogP contribution in [0.5, 0.6) is 11.5 Å². The van der Waals surface area contributed by atoms with E-state index in [9.17, 15) is 4.39 Å². The van der Waals surface area contributed by atoms with Crippen LogP contribution in [0.15, 0.2) is 42.5 Å². The van der Waals surface area contributed by atoms with Crippen LogP contribution in [0, 0.1) is 5.82 Å². The third-order valence-electron chi connectivity index (χ3n) is 3.53. The maximum absolute atomic E-state index is 13.1. The molecule has 118 valence electrons. The van der Waals surface area contributed by atoms with Crippen LogP contribution < -0.4 is 14.8 Å². The van der Waals surface area contributed by atoms with Crippen molar-refractivity contribution >= 4 is 0 Å². The Morgan fingerprint density at radius 2 is 1.77 bits per heavy atom. The third-order valence-corrected chi connectivity index (χ3v) is 3.53. The van der Waals surface area contributed by atoms with Gasteiger partial charge in [-0.3, -0.25) is 0 Å². The van der Waals surface area contributed by atoms with Gasteiger partial charge in [0.1, 0.15) is 5.82 Å². The van der Waals surface area contributed by atoms with Gasteiger partial charge >= 0.3 is 0 Å². The lowest BCUT2D eigenvalue weighted by Gasteiger charge is -2.15. The van der Waals surface area contributed by atoms with Crippen LogP contribution in [0.2, 0.25) is 0 Å². The molecule has 0 saturated heterocycles. The van der Waals surface area contributed by atoms with E-state index in [0.29, 0.717) is 6.54 Å². The van der Waals surface area contributed by atoms with E-state index >= 15 is 0 Å². The molecule has 1 atom stereocenters. The zero-order valence-electron chi connectivity index (χ0n) is 13.2. The van der Waals surface area contributed by atoms with Crippen molar-refractivity contribution in [2.45, 2.75) is 25.9 Å². The molecule has 0 amide bonds. The summed E-state index contributed by atoms with van der Waals surface area (Å²) in [5.41, 5.74) is 2.11. The molecule has 4 heteroatoms. The van der Waals surface area contributed by atoms with E-state index in [-0.39, 0.29) is 11.9 Å². The summed E-state index contributed by atoms with van der Waals surface area (Å²) in [4.78, 5) is 0. The van der Waals surface area contributed by atoms with Crippen molar-refractivity contribution in [3.63, 3.8) is 0 Å². The molecule has 1 unspecified atom stereocenters. The molecule has 3 nitrogen and oxygen atoms in total. The first-order chi connectivity index (χ1) is 10.6. The average molecular weight is 303 g/mol. The van der Waals surface area contributed by atoms with Gasteiger partial charge < -0.3 is 14.8 Å². The zero-order chi connectivity index (χ0) is 15.9. The van der Waals surface area contributed by atoms with Crippen molar-refractivity contribution in [1.29, 1.82) is 0 Å². The van der Waals surface area contributed by atoms with Gasteiger partial charge in [0.15, 0.2) is 11.5 Å². The van der Waals surface area contributed by atoms with Gasteiger partial charge in [-0.25, -0.2) is 4.39 Å². The van der Waals surface area contributed by atoms with Gasteiger partial charge in [-0.05, 0) is 48.7 Å². The molecular formula is C18H22FNO2. The van der Waals surface area contributed by atoms with E-state index < -0.39 is 0 Å². The second-order valence-electron chi connectivity index (χ2n) is 5.31. The van der Waals surface area contributed by atoms with Crippen molar-refractivity contribution in [2.24, 2.45) is 0 Å². The summed E-state index contributed by atoms with van der Waals surface area (Å²) in [5.74, 6) is 1.26. The normalized spacial score (nSPS) is 12.0. The first kappa shape index (κ1) is 16.3. The highest BCUT2D eigenvalue weighted by molar-refractivity contribution is 5.43. The number of methoxy groups -OCH3 is 2. The molecule has 1 N–H and O–H groups in total. The van der Waals surface area contributed by atoms with Gasteiger partial charge in [-0.2, -0.15) is 0 Å². The van der Waals surface area contributed by atoms with Gasteiger partial charge in [0.25, 0.3) is 0 Å². The van der Waals surface area contributed by atoms with E-state index in [2.05, 4.69) is 12.2 Å². The lowest BCUT2D eigenvalue weighted by Crippen LogP contribution is -2.27. The molecule has 0 fully saturated rings. The summed E-state index contributed by atoms with van der Waals surface area (Å²) >= 11 is 0. The molecule has 2 rings (SSSR count). The number of halogens is 1. The van der Waals surface area contributed by atoms with Crippen LogP contribution in [0.25, 0.3) is 0 Å². The lowest BCUT2D eigenvalue weighted by atomic mass is 10.1. The number of ether oxygens (including phenoxy) is 2. The lowest BCUT2D eigenvalue weighted by molar-refractivity contribution is 0.354. The molecule has 0 aliphatic rings. The Hall–Kier alpha value is -2.07. The maximum Gasteiger partial charge on any atom is 0.160 e. The predicted octanol–water partition coefficient (Wildman–Crippen LogP) is 3.56. The quantitative estimate of drug-likeness (QED) is 0.848. The van der Waals surface area contributed by atoms with Gasteiger partial charge in [-0.1, -0.05) is 18.2 Å². The summed E-state index contributed by atoms with van der Waals surface area (Å²) in [6.07, 6.45) is 0.857. The number of hydrogen-bond acceptors (Lipinski definition) is 3. The first-order valence-electron chi connectivity index (χ1n) is 7.31. The van der Waals surface area contributed by atoms with Crippen LogP contribution in [0.1, 0.15) is 18.1 Å². The van der Waals surface area contributed by atoms with Crippen LogP contribution in [-0.2, 0) is 13.0 Å². The Kier molecular flexibility index (Phi) is 5.78. The third kappa shape index (κ3) is 4.46. The van der Waals surface area contributed by atoms with Crippen LogP contribution in [0.4, 0.5) is 4.39 Å². The van der Waals surface area contributed by atoms with Crippen molar-refractivity contribution < 1.29 is 13.9 Å². The van der Waals surface area contributed by atoms with Crippen molar-refractivity contribution in [1.82, 2.24) is 5.32 Å². The van der Waals surface area contributed by atoms with E-state index in [1.165, 1.54) is 6.07 Å². The maximum atomic E-state index is 13.1. The zero-order valence-corrected chi connectivity index (χ0v) is 13.2. The highest BCUT2D eigenvalue weighted by atomic mass is 19.1. The summed E-state index contributed by atoms with van der Waals surface area (Å²) in [6, 6.07) is 12.8. The summed E-state index contributed by atoms with van der Waals surface area (Å²) in [5, 5.41) is 3.40. The number of rotatable bonds is 7. The molecular weight excluding hydrogens is 281 g/mol. The largest absolute Gasteiger partial charge is 0.493 e. The Balaban J connectivity index is 1.93. The number of nitrogens with one attached hydrogen (secondary N) is 1. The van der Waals surface area contributed by atoms with Gasteiger partial charge in [0.05, 0.1) is 14.2 Å². The SMILES string of the molecule is COc1ccc(CC(C)NCc2cccc(F)c2)cc1OC. The van der Waals surface area contributed by atoms with Crippen LogP contribution in [-0.4, -0.2) is 20.3 Å². The smallest absolute Gasteiger partial charge is 0.160 e. The molecule has 0 aliphatic heterocycles. The average Bonchev–Trinajstić information content (AvgIpc) is 2.53. The van der Waals surface area contributed by atoms with Gasteiger partial charge in [0, 0.05) is 12.6 Å². The van der Waals surface area contributed by atoms with Gasteiger partial charge in [0.2, 0.25) is 0 Å². The predicted molar refractivity (Wildman–Crippen MR) is 86.0 cm³/mol. The molecule has 0 bridgehead atoms. The topological polar surface area (TPSA) is 30.5 Å². The minimum Gasteiger partial charge on any atom is -0.493 e. The summed E-state index contributed by atoms with van der Waals surface area (Å²) in [7, 11) is 3.26. The molecule has 2 aromatic carbocycles. The minimum atomic E-state index is -0.202. The fourth-order valence-corrected chi connectivity index (χ4v) is 2.37. The molecule has 0 aromatic heterocycles. The molecule has 22 heavy (non-hydrogen) atoms. The molecule has 0 radical (unpaired) electrons.